The van der Waals surface area contributed by atoms with Gasteiger partial charge in [-0.05, 0) is 26.5 Å². The van der Waals surface area contributed by atoms with Gasteiger partial charge in [0.25, 0.3) is 6.43 Å². The van der Waals surface area contributed by atoms with Crippen LogP contribution in [0.15, 0.2) is 12.3 Å². The molecule has 3 rings (SSSR count). The third-order valence-electron chi connectivity index (χ3n) is 4.74. The highest BCUT2D eigenvalue weighted by Crippen LogP contribution is 2.28. The Morgan fingerprint density at radius 2 is 1.80 bits per heavy atom. The van der Waals surface area contributed by atoms with Crippen LogP contribution < -0.4 is 4.90 Å². The summed E-state index contributed by atoms with van der Waals surface area (Å²) in [6.07, 6.45) is -0.936. The number of likely N-dealkylation sites (N-methyl/N-ethyl adjacent to an activating group) is 1. The van der Waals surface area contributed by atoms with Crippen molar-refractivity contribution in [1.82, 2.24) is 24.6 Å². The Morgan fingerprint density at radius 3 is 2.36 bits per heavy atom. The van der Waals surface area contributed by atoms with Crippen LogP contribution >= 0.6 is 0 Å². The maximum atomic E-state index is 13.4. The monoisotopic (exact) mass is 350 g/mol. The van der Waals surface area contributed by atoms with Crippen LogP contribution in [-0.4, -0.2) is 57.4 Å². The molecule has 1 aliphatic rings. The topological polar surface area (TPSA) is 50.1 Å². The number of hydrogen-bond donors (Lipinski definition) is 0. The van der Waals surface area contributed by atoms with E-state index in [1.807, 2.05) is 23.4 Å². The number of rotatable bonds is 5. The highest BCUT2D eigenvalue weighted by molar-refractivity contribution is 5.63. The maximum Gasteiger partial charge on any atom is 0.280 e. The minimum Gasteiger partial charge on any atom is -0.338 e. The van der Waals surface area contributed by atoms with Crippen molar-refractivity contribution in [3.8, 4) is 11.3 Å². The fourth-order valence-corrected chi connectivity index (χ4v) is 3.12. The molecule has 0 bridgehead atoms. The summed E-state index contributed by atoms with van der Waals surface area (Å²) in [5, 5.41) is 4.30. The van der Waals surface area contributed by atoms with Gasteiger partial charge in [-0.25, -0.2) is 18.7 Å². The van der Waals surface area contributed by atoms with Gasteiger partial charge in [0.1, 0.15) is 5.69 Å². The van der Waals surface area contributed by atoms with Crippen molar-refractivity contribution in [3.63, 3.8) is 0 Å². The standard InChI is InChI=1S/C17H24F2N6/c1-4-23-6-8-24(9-7-23)17-21-14(10-15(22-17)16(18)19)13-11-20-25(5-2)12(13)3/h10-11,16H,4-9H2,1-3H3. The van der Waals surface area contributed by atoms with Crippen molar-refractivity contribution in [3.05, 3.63) is 23.7 Å². The zero-order chi connectivity index (χ0) is 18.0. The summed E-state index contributed by atoms with van der Waals surface area (Å²) in [7, 11) is 0. The third-order valence-corrected chi connectivity index (χ3v) is 4.74. The number of halogens is 2. The van der Waals surface area contributed by atoms with Crippen molar-refractivity contribution in [2.24, 2.45) is 0 Å². The van der Waals surface area contributed by atoms with E-state index in [4.69, 9.17) is 0 Å². The van der Waals surface area contributed by atoms with Crippen molar-refractivity contribution in [2.45, 2.75) is 33.7 Å². The number of nitrogens with zero attached hydrogens (tertiary/aromatic N) is 6. The van der Waals surface area contributed by atoms with E-state index in [0.717, 1.165) is 50.5 Å². The van der Waals surface area contributed by atoms with Gasteiger partial charge in [0.2, 0.25) is 5.95 Å². The van der Waals surface area contributed by atoms with E-state index < -0.39 is 6.43 Å². The second-order valence-electron chi connectivity index (χ2n) is 6.16. The first-order chi connectivity index (χ1) is 12.0. The molecule has 0 aromatic carbocycles. The average Bonchev–Trinajstić information content (AvgIpc) is 3.02. The summed E-state index contributed by atoms with van der Waals surface area (Å²) in [5.41, 5.74) is 1.97. The first-order valence-electron chi connectivity index (χ1n) is 8.70. The molecular weight excluding hydrogens is 326 g/mol. The van der Waals surface area contributed by atoms with E-state index in [0.29, 0.717) is 11.6 Å². The van der Waals surface area contributed by atoms with Crippen molar-refractivity contribution < 1.29 is 8.78 Å². The number of alkyl halides is 2. The van der Waals surface area contributed by atoms with Gasteiger partial charge in [0.15, 0.2) is 0 Å². The molecule has 0 saturated carbocycles. The van der Waals surface area contributed by atoms with E-state index in [-0.39, 0.29) is 5.69 Å². The van der Waals surface area contributed by atoms with Gasteiger partial charge >= 0.3 is 0 Å². The zero-order valence-electron chi connectivity index (χ0n) is 14.9. The molecule has 25 heavy (non-hydrogen) atoms. The minimum absolute atomic E-state index is 0.235. The molecule has 6 nitrogen and oxygen atoms in total. The smallest absolute Gasteiger partial charge is 0.280 e. The molecule has 2 aromatic rings. The summed E-state index contributed by atoms with van der Waals surface area (Å²) in [6.45, 7) is 11.0. The average molecular weight is 350 g/mol. The van der Waals surface area contributed by atoms with Gasteiger partial charge in [-0.3, -0.25) is 4.68 Å². The van der Waals surface area contributed by atoms with Crippen LogP contribution in [0.3, 0.4) is 0 Å². The Hall–Kier alpha value is -2.09. The summed E-state index contributed by atoms with van der Waals surface area (Å²) >= 11 is 0. The largest absolute Gasteiger partial charge is 0.338 e. The molecule has 1 aliphatic heterocycles. The van der Waals surface area contributed by atoms with Crippen molar-refractivity contribution in [1.29, 1.82) is 0 Å². The molecule has 0 radical (unpaired) electrons. The Labute approximate surface area is 146 Å². The second kappa shape index (κ2) is 7.43. The number of aromatic nitrogens is 4. The fraction of sp³-hybridized carbons (Fsp3) is 0.588. The first kappa shape index (κ1) is 17.7. The van der Waals surface area contributed by atoms with Crippen LogP contribution in [-0.2, 0) is 6.54 Å². The second-order valence-corrected chi connectivity index (χ2v) is 6.16. The summed E-state index contributed by atoms with van der Waals surface area (Å²) in [5.74, 6) is 0.382. The minimum atomic E-state index is -2.63. The van der Waals surface area contributed by atoms with Crippen LogP contribution in [0.1, 0.15) is 31.7 Å². The Bertz CT molecular complexity index is 722. The number of aryl methyl sites for hydroxylation is 1. The summed E-state index contributed by atoms with van der Waals surface area (Å²) < 4.78 is 28.6. The molecule has 136 valence electrons. The van der Waals surface area contributed by atoms with Gasteiger partial charge in [-0.2, -0.15) is 5.10 Å². The summed E-state index contributed by atoms with van der Waals surface area (Å²) in [6, 6.07) is 1.38. The maximum absolute atomic E-state index is 13.4. The van der Waals surface area contributed by atoms with Gasteiger partial charge < -0.3 is 9.80 Å². The van der Waals surface area contributed by atoms with Crippen molar-refractivity contribution in [2.75, 3.05) is 37.6 Å². The number of hydrogen-bond acceptors (Lipinski definition) is 5. The van der Waals surface area contributed by atoms with Gasteiger partial charge in [-0.15, -0.1) is 0 Å². The number of anilines is 1. The van der Waals surface area contributed by atoms with Crippen LogP contribution in [0.2, 0.25) is 0 Å². The lowest BCUT2D eigenvalue weighted by Gasteiger charge is -2.34. The normalized spacial score (nSPS) is 16.0. The van der Waals surface area contributed by atoms with Crippen LogP contribution in [0, 0.1) is 6.92 Å². The van der Waals surface area contributed by atoms with E-state index in [1.165, 1.54) is 6.07 Å². The first-order valence-corrected chi connectivity index (χ1v) is 8.70. The molecule has 0 unspecified atom stereocenters. The van der Waals surface area contributed by atoms with E-state index in [9.17, 15) is 8.78 Å². The van der Waals surface area contributed by atoms with E-state index in [2.05, 4.69) is 26.9 Å². The fourth-order valence-electron chi connectivity index (χ4n) is 3.12. The number of piperazine rings is 1. The Morgan fingerprint density at radius 1 is 1.08 bits per heavy atom. The molecule has 0 spiro atoms. The third kappa shape index (κ3) is 3.63. The molecule has 8 heteroatoms. The molecule has 0 atom stereocenters. The van der Waals surface area contributed by atoms with E-state index in [1.54, 1.807) is 6.20 Å². The molecule has 0 N–H and O–H groups in total. The predicted molar refractivity (Wildman–Crippen MR) is 92.9 cm³/mol. The SMILES string of the molecule is CCN1CCN(c2nc(-c3cnn(CC)c3C)cc(C(F)F)n2)CC1. The van der Waals surface area contributed by atoms with Crippen LogP contribution in [0.25, 0.3) is 11.3 Å². The molecule has 1 saturated heterocycles. The molecule has 0 amide bonds. The molecule has 1 fully saturated rings. The highest BCUT2D eigenvalue weighted by Gasteiger charge is 2.22. The lowest BCUT2D eigenvalue weighted by Crippen LogP contribution is -2.46. The Balaban J connectivity index is 1.96. The van der Waals surface area contributed by atoms with Gasteiger partial charge in [0.05, 0.1) is 11.9 Å². The zero-order valence-corrected chi connectivity index (χ0v) is 14.9. The highest BCUT2D eigenvalue weighted by atomic mass is 19.3. The quantitative estimate of drug-likeness (QED) is 0.830. The van der Waals surface area contributed by atoms with Gasteiger partial charge in [0, 0.05) is 44.0 Å². The van der Waals surface area contributed by atoms with Gasteiger partial charge in [-0.1, -0.05) is 6.92 Å². The Kier molecular flexibility index (Phi) is 5.27. The lowest BCUT2D eigenvalue weighted by atomic mass is 10.1. The lowest BCUT2D eigenvalue weighted by molar-refractivity contribution is 0.146. The van der Waals surface area contributed by atoms with Crippen LogP contribution in [0.5, 0.6) is 0 Å². The van der Waals surface area contributed by atoms with E-state index >= 15 is 0 Å². The summed E-state index contributed by atoms with van der Waals surface area (Å²) in [4.78, 5) is 13.0. The van der Waals surface area contributed by atoms with Crippen LogP contribution in [0.4, 0.5) is 14.7 Å². The van der Waals surface area contributed by atoms with Crippen molar-refractivity contribution >= 4 is 5.95 Å². The molecule has 0 aliphatic carbocycles. The molecule has 2 aromatic heterocycles. The molecule has 3 heterocycles. The molecular formula is C17H24F2N6. The predicted octanol–water partition coefficient (Wildman–Crippen LogP) is 2.75.